The Morgan fingerprint density at radius 2 is 1.69 bits per heavy atom. The van der Waals surface area contributed by atoms with E-state index in [4.69, 9.17) is 23.7 Å². The van der Waals surface area contributed by atoms with Crippen molar-refractivity contribution < 1.29 is 28.8 Å². The Kier molecular flexibility index (Phi) is 9.96. The molecule has 0 bridgehead atoms. The molecule has 1 aliphatic heterocycles. The number of rotatable bonds is 15. The molecule has 0 saturated carbocycles. The molecule has 0 radical (unpaired) electrons. The molecule has 0 aliphatic carbocycles. The van der Waals surface area contributed by atoms with E-state index in [1.54, 1.807) is 14.2 Å². The van der Waals surface area contributed by atoms with Crippen LogP contribution in [-0.2, 0) is 32.2 Å². The van der Waals surface area contributed by atoms with Crippen molar-refractivity contribution in [2.75, 3.05) is 27.4 Å². The largest absolute Gasteiger partial charge is 0.497 e. The van der Waals surface area contributed by atoms with Gasteiger partial charge in [0.15, 0.2) is 0 Å². The van der Waals surface area contributed by atoms with Crippen LogP contribution in [0.5, 0.6) is 5.75 Å². The van der Waals surface area contributed by atoms with Gasteiger partial charge < -0.3 is 28.8 Å². The minimum absolute atomic E-state index is 0.0217. The summed E-state index contributed by atoms with van der Waals surface area (Å²) >= 11 is 0. The van der Waals surface area contributed by atoms with Gasteiger partial charge in [0.05, 0.1) is 45.2 Å². The number of epoxide rings is 1. The fraction of sp³-hybridized carbons (Fsp3) is 0.538. The number of aliphatic hydroxyl groups excluding tert-OH is 1. The van der Waals surface area contributed by atoms with Crippen LogP contribution in [0.15, 0.2) is 54.6 Å². The average Bonchev–Trinajstić information content (AvgIpc) is 3.63. The molecule has 1 heterocycles. The van der Waals surface area contributed by atoms with Crippen molar-refractivity contribution in [2.45, 2.75) is 57.4 Å². The van der Waals surface area contributed by atoms with Crippen molar-refractivity contribution in [3.8, 4) is 5.75 Å². The van der Waals surface area contributed by atoms with Crippen molar-refractivity contribution in [2.24, 2.45) is 5.92 Å². The number of aliphatic hydroxyl groups is 1. The molecule has 0 spiro atoms. The van der Waals surface area contributed by atoms with E-state index in [2.05, 4.69) is 19.1 Å². The molecular formula is C26H36O6. The molecule has 3 rings (SSSR count). The van der Waals surface area contributed by atoms with Gasteiger partial charge >= 0.3 is 0 Å². The summed E-state index contributed by atoms with van der Waals surface area (Å²) in [7, 11) is 3.39. The highest BCUT2D eigenvalue weighted by atomic mass is 16.6. The lowest BCUT2D eigenvalue weighted by Gasteiger charge is -2.27. The normalized spacial score (nSPS) is 20.5. The lowest BCUT2D eigenvalue weighted by atomic mass is 9.93. The lowest BCUT2D eigenvalue weighted by Crippen LogP contribution is -2.32. The van der Waals surface area contributed by atoms with Gasteiger partial charge in [-0.3, -0.25) is 0 Å². The molecule has 176 valence electrons. The Labute approximate surface area is 191 Å². The second-order valence-electron chi connectivity index (χ2n) is 8.30. The number of hydrogen-bond donors (Lipinski definition) is 1. The van der Waals surface area contributed by atoms with Crippen LogP contribution >= 0.6 is 0 Å². The Hall–Kier alpha value is -1.96. The average molecular weight is 445 g/mol. The Morgan fingerprint density at radius 3 is 2.31 bits per heavy atom. The topological polar surface area (TPSA) is 69.7 Å². The third-order valence-electron chi connectivity index (χ3n) is 6.04. The first-order chi connectivity index (χ1) is 15.6. The van der Waals surface area contributed by atoms with E-state index < -0.39 is 0 Å². The summed E-state index contributed by atoms with van der Waals surface area (Å²) in [5.74, 6) is 1.00. The number of benzene rings is 2. The summed E-state index contributed by atoms with van der Waals surface area (Å²) in [6, 6.07) is 18.1. The van der Waals surface area contributed by atoms with Gasteiger partial charge in [-0.2, -0.15) is 0 Å². The van der Waals surface area contributed by atoms with E-state index in [0.717, 1.165) is 29.7 Å². The predicted molar refractivity (Wildman–Crippen MR) is 123 cm³/mol. The number of hydrogen-bond acceptors (Lipinski definition) is 6. The highest BCUT2D eigenvalue weighted by Crippen LogP contribution is 2.34. The molecule has 0 aromatic heterocycles. The van der Waals surface area contributed by atoms with Gasteiger partial charge in [0, 0.05) is 26.1 Å². The molecule has 1 saturated heterocycles. The Balaban J connectivity index is 1.54. The van der Waals surface area contributed by atoms with E-state index in [0.29, 0.717) is 19.8 Å². The first kappa shape index (κ1) is 24.7. The van der Waals surface area contributed by atoms with Crippen LogP contribution in [0.4, 0.5) is 0 Å². The molecule has 32 heavy (non-hydrogen) atoms. The number of ether oxygens (including phenoxy) is 5. The third-order valence-corrected chi connectivity index (χ3v) is 6.04. The standard InChI is InChI=1S/C26H36O6/c1-19(26-25(16-27)32-26)24(29-3)15-23(13-14-30-17-20-7-5-4-6-8-20)31-18-21-9-11-22(28-2)12-10-21/h4-12,19,23-27H,13-18H2,1-3H3/t19-,23+,24+,25-,26-/m1/s1. The molecule has 1 N–H and O–H groups in total. The summed E-state index contributed by atoms with van der Waals surface area (Å²) in [6.45, 7) is 3.87. The fourth-order valence-electron chi connectivity index (χ4n) is 3.95. The van der Waals surface area contributed by atoms with Gasteiger partial charge in [0.2, 0.25) is 0 Å². The molecule has 2 aromatic rings. The van der Waals surface area contributed by atoms with Gasteiger partial charge in [-0.1, -0.05) is 49.4 Å². The van der Waals surface area contributed by atoms with Crippen LogP contribution in [0.1, 0.15) is 30.9 Å². The molecule has 5 atom stereocenters. The molecule has 0 amide bonds. The monoisotopic (exact) mass is 444 g/mol. The van der Waals surface area contributed by atoms with Crippen LogP contribution in [0.25, 0.3) is 0 Å². The highest BCUT2D eigenvalue weighted by Gasteiger charge is 2.45. The lowest BCUT2D eigenvalue weighted by molar-refractivity contribution is -0.0431. The zero-order valence-corrected chi connectivity index (χ0v) is 19.3. The SMILES string of the molecule is COc1ccc(CO[C@@H](CCOCc2ccccc2)C[C@H](OC)[C@@H](C)[C@H]2O[C@@H]2CO)cc1. The van der Waals surface area contributed by atoms with Crippen LogP contribution in [0.3, 0.4) is 0 Å². The second kappa shape index (κ2) is 12.9. The van der Waals surface area contributed by atoms with Gasteiger partial charge in [0.1, 0.15) is 11.9 Å². The molecule has 6 nitrogen and oxygen atoms in total. The summed E-state index contributed by atoms with van der Waals surface area (Å²) in [5.41, 5.74) is 2.25. The summed E-state index contributed by atoms with van der Waals surface area (Å²) in [4.78, 5) is 0. The van der Waals surface area contributed by atoms with Crippen LogP contribution in [-0.4, -0.2) is 57.0 Å². The van der Waals surface area contributed by atoms with Crippen LogP contribution in [0.2, 0.25) is 0 Å². The minimum atomic E-state index is -0.0736. The summed E-state index contributed by atoms with van der Waals surface area (Å²) < 4.78 is 28.8. The van der Waals surface area contributed by atoms with Gasteiger partial charge in [-0.15, -0.1) is 0 Å². The van der Waals surface area contributed by atoms with Crippen LogP contribution < -0.4 is 4.74 Å². The fourth-order valence-corrected chi connectivity index (χ4v) is 3.95. The molecular weight excluding hydrogens is 408 g/mol. The van der Waals surface area contributed by atoms with Crippen molar-refractivity contribution in [3.63, 3.8) is 0 Å². The third kappa shape index (κ3) is 7.57. The zero-order chi connectivity index (χ0) is 22.8. The first-order valence-corrected chi connectivity index (χ1v) is 11.3. The van der Waals surface area contributed by atoms with Crippen molar-refractivity contribution in [1.29, 1.82) is 0 Å². The Bertz CT molecular complexity index is 766. The highest BCUT2D eigenvalue weighted by molar-refractivity contribution is 5.26. The maximum absolute atomic E-state index is 9.33. The van der Waals surface area contributed by atoms with Gasteiger partial charge in [0.25, 0.3) is 0 Å². The predicted octanol–water partition coefficient (Wildman–Crippen LogP) is 3.99. The smallest absolute Gasteiger partial charge is 0.118 e. The van der Waals surface area contributed by atoms with Gasteiger partial charge in [-0.25, -0.2) is 0 Å². The van der Waals surface area contributed by atoms with E-state index in [9.17, 15) is 5.11 Å². The molecule has 1 fully saturated rings. The summed E-state index contributed by atoms with van der Waals surface area (Å²) in [6.07, 6.45) is 1.43. The minimum Gasteiger partial charge on any atom is -0.497 e. The Morgan fingerprint density at radius 1 is 0.969 bits per heavy atom. The zero-order valence-electron chi connectivity index (χ0n) is 19.3. The maximum atomic E-state index is 9.33. The van der Waals surface area contributed by atoms with Crippen LogP contribution in [0, 0.1) is 5.92 Å². The molecule has 1 aliphatic rings. The quantitative estimate of drug-likeness (QED) is 0.331. The molecule has 2 aromatic carbocycles. The summed E-state index contributed by atoms with van der Waals surface area (Å²) in [5, 5.41) is 9.33. The van der Waals surface area contributed by atoms with E-state index in [1.807, 2.05) is 42.5 Å². The molecule has 0 unspecified atom stereocenters. The van der Waals surface area contributed by atoms with Gasteiger partial charge in [-0.05, 0) is 29.7 Å². The van der Waals surface area contributed by atoms with E-state index in [1.165, 1.54) is 0 Å². The molecule has 6 heteroatoms. The number of methoxy groups -OCH3 is 2. The maximum Gasteiger partial charge on any atom is 0.118 e. The van der Waals surface area contributed by atoms with E-state index in [-0.39, 0.29) is 36.9 Å². The second-order valence-corrected chi connectivity index (χ2v) is 8.30. The van der Waals surface area contributed by atoms with E-state index >= 15 is 0 Å². The van der Waals surface area contributed by atoms with Crippen molar-refractivity contribution in [1.82, 2.24) is 0 Å². The van der Waals surface area contributed by atoms with Crippen molar-refractivity contribution in [3.05, 3.63) is 65.7 Å². The first-order valence-electron chi connectivity index (χ1n) is 11.3. The van der Waals surface area contributed by atoms with Crippen molar-refractivity contribution >= 4 is 0 Å².